The van der Waals surface area contributed by atoms with Crippen LogP contribution in [0.15, 0.2) is 73.1 Å². The molecule has 1 heterocycles. The van der Waals surface area contributed by atoms with Crippen molar-refractivity contribution >= 4 is 18.1 Å². The maximum Gasteiger partial charge on any atom is 0.335 e. The van der Waals surface area contributed by atoms with Crippen LogP contribution in [0.4, 0.5) is 0 Å². The Morgan fingerprint density at radius 1 is 1.00 bits per heavy atom. The van der Waals surface area contributed by atoms with Crippen LogP contribution in [-0.4, -0.2) is 17.7 Å². The van der Waals surface area contributed by atoms with Gasteiger partial charge < -0.3 is 9.84 Å². The molecule has 0 atom stereocenters. The molecule has 0 amide bonds. The molecule has 0 radical (unpaired) electrons. The van der Waals surface area contributed by atoms with E-state index in [2.05, 4.69) is 28.9 Å². The Morgan fingerprint density at radius 3 is 2.37 bits per heavy atom. The van der Waals surface area contributed by atoms with Gasteiger partial charge in [0.05, 0.1) is 12.2 Å². The zero-order valence-corrected chi connectivity index (χ0v) is 15.2. The second-order valence-electron chi connectivity index (χ2n) is 6.14. The fourth-order valence-corrected chi connectivity index (χ4v) is 2.72. The molecule has 27 heavy (non-hydrogen) atoms. The first-order valence-corrected chi connectivity index (χ1v) is 8.86. The maximum absolute atomic E-state index is 10.9. The SMILES string of the molecule is CCOc1cccc(/C=C\c2cc[n+](Cc3ccc(C(=O)O)cc3)cc2)c1. The molecule has 3 aromatic rings. The van der Waals surface area contributed by atoms with Gasteiger partial charge in [0, 0.05) is 17.7 Å². The molecular formula is C23H22NO3+. The van der Waals surface area contributed by atoms with Gasteiger partial charge in [0.1, 0.15) is 5.75 Å². The summed E-state index contributed by atoms with van der Waals surface area (Å²) >= 11 is 0. The number of carboxylic acids is 1. The van der Waals surface area contributed by atoms with Crippen molar-refractivity contribution < 1.29 is 19.2 Å². The van der Waals surface area contributed by atoms with E-state index in [-0.39, 0.29) is 0 Å². The molecule has 0 fully saturated rings. The molecule has 0 spiro atoms. The molecule has 0 aliphatic rings. The van der Waals surface area contributed by atoms with Gasteiger partial charge in [-0.2, -0.15) is 0 Å². The summed E-state index contributed by atoms with van der Waals surface area (Å²) in [5.41, 5.74) is 3.56. The predicted molar refractivity (Wildman–Crippen MR) is 106 cm³/mol. The summed E-state index contributed by atoms with van der Waals surface area (Å²) in [6.07, 6.45) is 8.16. The smallest absolute Gasteiger partial charge is 0.335 e. The number of hydrogen-bond donors (Lipinski definition) is 1. The lowest BCUT2D eigenvalue weighted by Crippen LogP contribution is -2.33. The number of hydrogen-bond acceptors (Lipinski definition) is 2. The number of pyridine rings is 1. The number of aromatic nitrogens is 1. The summed E-state index contributed by atoms with van der Waals surface area (Å²) in [5, 5.41) is 8.95. The lowest BCUT2D eigenvalue weighted by Gasteiger charge is -2.03. The van der Waals surface area contributed by atoms with Gasteiger partial charge in [-0.3, -0.25) is 0 Å². The molecule has 136 valence electrons. The van der Waals surface area contributed by atoms with E-state index in [1.165, 1.54) is 0 Å². The van der Waals surface area contributed by atoms with Crippen LogP contribution < -0.4 is 9.30 Å². The predicted octanol–water partition coefficient (Wildman–Crippen LogP) is 4.29. The molecule has 1 aromatic heterocycles. The van der Waals surface area contributed by atoms with Gasteiger partial charge >= 0.3 is 5.97 Å². The molecule has 0 aliphatic heterocycles. The van der Waals surface area contributed by atoms with E-state index < -0.39 is 5.97 Å². The fourth-order valence-electron chi connectivity index (χ4n) is 2.72. The average Bonchev–Trinajstić information content (AvgIpc) is 2.68. The lowest BCUT2D eigenvalue weighted by molar-refractivity contribution is -0.688. The summed E-state index contributed by atoms with van der Waals surface area (Å²) in [7, 11) is 0. The highest BCUT2D eigenvalue weighted by Gasteiger charge is 2.05. The van der Waals surface area contributed by atoms with Crippen LogP contribution in [0.2, 0.25) is 0 Å². The van der Waals surface area contributed by atoms with Gasteiger partial charge in [0.25, 0.3) is 0 Å². The molecule has 4 heteroatoms. The minimum atomic E-state index is -0.905. The standard InChI is InChI=1S/C23H21NO3/c1-2-27-22-5-3-4-19(16-22)7-6-18-12-14-24(15-13-18)17-20-8-10-21(11-9-20)23(25)26/h3-16H,2,17H2,1H3/p+1/b7-6-. The monoisotopic (exact) mass is 360 g/mol. The first-order chi connectivity index (χ1) is 13.1. The van der Waals surface area contributed by atoms with E-state index in [0.29, 0.717) is 18.7 Å². The Kier molecular flexibility index (Phi) is 6.00. The number of ether oxygens (including phenoxy) is 1. The summed E-state index contributed by atoms with van der Waals surface area (Å²) in [5.74, 6) is -0.0309. The number of rotatable bonds is 7. The average molecular weight is 360 g/mol. The molecule has 0 bridgehead atoms. The summed E-state index contributed by atoms with van der Waals surface area (Å²) in [6, 6.07) is 19.0. The van der Waals surface area contributed by atoms with Crippen LogP contribution in [0.25, 0.3) is 12.2 Å². The van der Waals surface area contributed by atoms with Gasteiger partial charge in [-0.05, 0) is 42.3 Å². The third-order valence-corrected chi connectivity index (χ3v) is 4.12. The largest absolute Gasteiger partial charge is 0.494 e. The summed E-state index contributed by atoms with van der Waals surface area (Å²) < 4.78 is 7.58. The van der Waals surface area contributed by atoms with E-state index in [4.69, 9.17) is 9.84 Å². The van der Waals surface area contributed by atoms with Crippen LogP contribution in [0.5, 0.6) is 5.75 Å². The third kappa shape index (κ3) is 5.28. The van der Waals surface area contributed by atoms with Crippen molar-refractivity contribution in [2.45, 2.75) is 13.5 Å². The Morgan fingerprint density at radius 2 is 1.70 bits per heavy atom. The molecule has 0 saturated heterocycles. The quantitative estimate of drug-likeness (QED) is 0.640. The van der Waals surface area contributed by atoms with Gasteiger partial charge in [-0.15, -0.1) is 0 Å². The van der Waals surface area contributed by atoms with Crippen LogP contribution in [0.3, 0.4) is 0 Å². The van der Waals surface area contributed by atoms with Gasteiger partial charge in [0.2, 0.25) is 0 Å². The van der Waals surface area contributed by atoms with Crippen LogP contribution in [-0.2, 0) is 6.54 Å². The molecule has 3 rings (SSSR count). The van der Waals surface area contributed by atoms with E-state index in [9.17, 15) is 4.79 Å². The van der Waals surface area contributed by atoms with E-state index in [1.54, 1.807) is 12.1 Å². The van der Waals surface area contributed by atoms with Crippen LogP contribution in [0.1, 0.15) is 34.0 Å². The Balaban J connectivity index is 1.64. The normalized spacial score (nSPS) is 10.9. The van der Waals surface area contributed by atoms with E-state index >= 15 is 0 Å². The van der Waals surface area contributed by atoms with Gasteiger partial charge in [-0.1, -0.05) is 36.4 Å². The topological polar surface area (TPSA) is 50.4 Å². The lowest BCUT2D eigenvalue weighted by atomic mass is 10.1. The van der Waals surface area contributed by atoms with Crippen molar-refractivity contribution in [2.75, 3.05) is 6.61 Å². The molecule has 0 unspecified atom stereocenters. The molecule has 0 saturated carbocycles. The second-order valence-corrected chi connectivity index (χ2v) is 6.14. The van der Waals surface area contributed by atoms with Crippen molar-refractivity contribution in [2.24, 2.45) is 0 Å². The highest BCUT2D eigenvalue weighted by Crippen LogP contribution is 2.15. The number of benzene rings is 2. The third-order valence-electron chi connectivity index (χ3n) is 4.12. The zero-order valence-electron chi connectivity index (χ0n) is 15.2. The number of nitrogens with zero attached hydrogens (tertiary/aromatic N) is 1. The van der Waals surface area contributed by atoms with Crippen molar-refractivity contribution in [3.63, 3.8) is 0 Å². The van der Waals surface area contributed by atoms with Crippen molar-refractivity contribution in [3.05, 3.63) is 95.3 Å². The fraction of sp³-hybridized carbons (Fsp3) is 0.130. The Labute approximate surface area is 159 Å². The van der Waals surface area contributed by atoms with Gasteiger partial charge in [-0.25, -0.2) is 9.36 Å². The number of carbonyl (C=O) groups is 1. The van der Waals surface area contributed by atoms with E-state index in [1.807, 2.05) is 55.7 Å². The van der Waals surface area contributed by atoms with Crippen molar-refractivity contribution in [3.8, 4) is 5.75 Å². The number of carboxylic acid groups (broad SMARTS) is 1. The molecule has 2 aromatic carbocycles. The minimum absolute atomic E-state index is 0.303. The zero-order chi connectivity index (χ0) is 19.1. The summed E-state index contributed by atoms with van der Waals surface area (Å²) in [4.78, 5) is 10.9. The van der Waals surface area contributed by atoms with Crippen molar-refractivity contribution in [1.29, 1.82) is 0 Å². The molecule has 0 aliphatic carbocycles. The molecular weight excluding hydrogens is 338 g/mol. The summed E-state index contributed by atoms with van der Waals surface area (Å²) in [6.45, 7) is 3.33. The van der Waals surface area contributed by atoms with Crippen molar-refractivity contribution in [1.82, 2.24) is 0 Å². The Bertz CT molecular complexity index is 929. The van der Waals surface area contributed by atoms with Gasteiger partial charge in [0.15, 0.2) is 18.9 Å². The highest BCUT2D eigenvalue weighted by atomic mass is 16.5. The van der Waals surface area contributed by atoms with Crippen LogP contribution >= 0.6 is 0 Å². The molecule has 1 N–H and O–H groups in total. The van der Waals surface area contributed by atoms with Crippen LogP contribution in [0, 0.1) is 0 Å². The Hall–Kier alpha value is -3.40. The second kappa shape index (κ2) is 8.81. The highest BCUT2D eigenvalue weighted by molar-refractivity contribution is 5.87. The first kappa shape index (κ1) is 18.4. The maximum atomic E-state index is 10.9. The van der Waals surface area contributed by atoms with E-state index in [0.717, 1.165) is 22.4 Å². The molecule has 4 nitrogen and oxygen atoms in total. The minimum Gasteiger partial charge on any atom is -0.494 e. The number of aromatic carboxylic acids is 1. The first-order valence-electron chi connectivity index (χ1n) is 8.86.